The molecule has 1 unspecified atom stereocenters. The maximum Gasteiger partial charge on any atom is 0.233 e. The molecule has 0 spiro atoms. The molecule has 0 aliphatic carbocycles. The largest absolute Gasteiger partial charge is 0.355 e. The maximum atomic E-state index is 11.8. The minimum absolute atomic E-state index is 0.172. The minimum atomic E-state index is 0.172. The predicted octanol–water partition coefficient (Wildman–Crippen LogP) is 1.35. The number of nitrogens with one attached hydrogen (secondary N) is 2. The molecule has 2 rings (SSSR count). The highest BCUT2D eigenvalue weighted by Crippen LogP contribution is 2.24. The van der Waals surface area contributed by atoms with Gasteiger partial charge in [-0.05, 0) is 18.6 Å². The van der Waals surface area contributed by atoms with Crippen LogP contribution in [0.2, 0.25) is 0 Å². The number of hydrogen-bond donors (Lipinski definition) is 2. The topological polar surface area (TPSA) is 57.8 Å². The number of H-pyrrole nitrogens is 1. The van der Waals surface area contributed by atoms with Gasteiger partial charge in [0.2, 0.25) is 5.91 Å². The Labute approximate surface area is 99.6 Å². The summed E-state index contributed by atoms with van der Waals surface area (Å²) < 4.78 is 0. The molecule has 1 atom stereocenters. The fraction of sp³-hybridized carbons (Fsp3) is 0.636. The SMILES string of the molecule is O=C(NCCc1ncc[nH]1)C1CCCCS1. The molecule has 1 aliphatic heterocycles. The van der Waals surface area contributed by atoms with Crippen molar-refractivity contribution < 1.29 is 4.79 Å². The molecular formula is C11H17N3OS. The molecule has 1 amide bonds. The van der Waals surface area contributed by atoms with Crippen LogP contribution in [0.25, 0.3) is 0 Å². The molecule has 1 aliphatic rings. The van der Waals surface area contributed by atoms with Gasteiger partial charge in [-0.1, -0.05) is 6.42 Å². The van der Waals surface area contributed by atoms with Crippen LogP contribution in [-0.2, 0) is 11.2 Å². The quantitative estimate of drug-likeness (QED) is 0.834. The van der Waals surface area contributed by atoms with Gasteiger partial charge < -0.3 is 10.3 Å². The lowest BCUT2D eigenvalue weighted by atomic mass is 10.2. The first kappa shape index (κ1) is 11.5. The first-order chi connectivity index (χ1) is 7.86. The van der Waals surface area contributed by atoms with Crippen molar-refractivity contribution in [2.24, 2.45) is 0 Å². The zero-order valence-electron chi connectivity index (χ0n) is 9.24. The summed E-state index contributed by atoms with van der Waals surface area (Å²) in [5.41, 5.74) is 0. The van der Waals surface area contributed by atoms with Gasteiger partial charge in [0.15, 0.2) is 0 Å². The number of hydrogen-bond acceptors (Lipinski definition) is 3. The number of rotatable bonds is 4. The van der Waals surface area contributed by atoms with E-state index in [1.165, 1.54) is 12.8 Å². The lowest BCUT2D eigenvalue weighted by Crippen LogP contribution is -2.35. The van der Waals surface area contributed by atoms with Gasteiger partial charge in [0.25, 0.3) is 0 Å². The van der Waals surface area contributed by atoms with Crippen LogP contribution in [-0.4, -0.2) is 33.4 Å². The first-order valence-electron chi connectivity index (χ1n) is 5.74. The molecule has 16 heavy (non-hydrogen) atoms. The van der Waals surface area contributed by atoms with Crippen molar-refractivity contribution in [1.82, 2.24) is 15.3 Å². The third-order valence-electron chi connectivity index (χ3n) is 2.69. The zero-order chi connectivity index (χ0) is 11.2. The van der Waals surface area contributed by atoms with Crippen LogP contribution in [0.1, 0.15) is 25.1 Å². The minimum Gasteiger partial charge on any atom is -0.355 e. The highest BCUT2D eigenvalue weighted by molar-refractivity contribution is 8.00. The average Bonchev–Trinajstić information content (AvgIpc) is 2.83. The maximum absolute atomic E-state index is 11.8. The number of aromatic amines is 1. The molecule has 2 heterocycles. The number of aromatic nitrogens is 2. The first-order valence-corrected chi connectivity index (χ1v) is 6.79. The van der Waals surface area contributed by atoms with E-state index in [0.29, 0.717) is 6.54 Å². The van der Waals surface area contributed by atoms with E-state index in [9.17, 15) is 4.79 Å². The number of thioether (sulfide) groups is 1. The van der Waals surface area contributed by atoms with Gasteiger partial charge >= 0.3 is 0 Å². The molecule has 88 valence electrons. The fourth-order valence-electron chi connectivity index (χ4n) is 1.80. The second-order valence-corrected chi connectivity index (χ2v) is 5.24. The molecule has 5 heteroatoms. The van der Waals surface area contributed by atoms with Crippen molar-refractivity contribution in [3.8, 4) is 0 Å². The Bertz CT molecular complexity index is 320. The van der Waals surface area contributed by atoms with Crippen LogP contribution < -0.4 is 5.32 Å². The van der Waals surface area contributed by atoms with Gasteiger partial charge in [0.05, 0.1) is 5.25 Å². The van der Waals surface area contributed by atoms with Crippen LogP contribution in [0.15, 0.2) is 12.4 Å². The molecule has 1 fully saturated rings. The molecule has 0 bridgehead atoms. The zero-order valence-corrected chi connectivity index (χ0v) is 10.1. The van der Waals surface area contributed by atoms with E-state index < -0.39 is 0 Å². The molecule has 1 saturated heterocycles. The van der Waals surface area contributed by atoms with Gasteiger partial charge in [0, 0.05) is 25.4 Å². The Kier molecular flexibility index (Phi) is 4.27. The summed E-state index contributed by atoms with van der Waals surface area (Å²) in [6, 6.07) is 0. The van der Waals surface area contributed by atoms with E-state index in [4.69, 9.17) is 0 Å². The Morgan fingerprint density at radius 3 is 3.25 bits per heavy atom. The summed E-state index contributed by atoms with van der Waals surface area (Å²) in [6.07, 6.45) is 7.76. The Balaban J connectivity index is 1.67. The third-order valence-corrected chi connectivity index (χ3v) is 4.06. The van der Waals surface area contributed by atoms with E-state index in [-0.39, 0.29) is 11.2 Å². The molecule has 1 aromatic rings. The molecular weight excluding hydrogens is 222 g/mol. The number of carbonyl (C=O) groups excluding carboxylic acids is 1. The fourth-order valence-corrected chi connectivity index (χ4v) is 3.02. The van der Waals surface area contributed by atoms with E-state index in [2.05, 4.69) is 15.3 Å². The summed E-state index contributed by atoms with van der Waals surface area (Å²) in [4.78, 5) is 18.9. The molecule has 0 saturated carbocycles. The summed E-state index contributed by atoms with van der Waals surface area (Å²) >= 11 is 1.78. The normalized spacial score (nSPS) is 20.6. The van der Waals surface area contributed by atoms with E-state index >= 15 is 0 Å². The van der Waals surface area contributed by atoms with Crippen LogP contribution in [0.4, 0.5) is 0 Å². The lowest BCUT2D eigenvalue weighted by Gasteiger charge is -2.20. The summed E-state index contributed by atoms with van der Waals surface area (Å²) in [5, 5.41) is 3.14. The number of carbonyl (C=O) groups is 1. The highest BCUT2D eigenvalue weighted by atomic mass is 32.2. The molecule has 0 aromatic carbocycles. The summed E-state index contributed by atoms with van der Waals surface area (Å²) in [7, 11) is 0. The second kappa shape index (κ2) is 5.94. The lowest BCUT2D eigenvalue weighted by molar-refractivity contribution is -0.120. The van der Waals surface area contributed by atoms with E-state index in [1.807, 2.05) is 0 Å². The summed E-state index contributed by atoms with van der Waals surface area (Å²) in [5.74, 6) is 2.24. The van der Waals surface area contributed by atoms with Crippen LogP contribution in [0.3, 0.4) is 0 Å². The monoisotopic (exact) mass is 239 g/mol. The van der Waals surface area contributed by atoms with Crippen LogP contribution in [0, 0.1) is 0 Å². The smallest absolute Gasteiger partial charge is 0.233 e. The molecule has 1 aromatic heterocycles. The summed E-state index contributed by atoms with van der Waals surface area (Å²) in [6.45, 7) is 0.670. The van der Waals surface area contributed by atoms with E-state index in [1.54, 1.807) is 24.2 Å². The van der Waals surface area contributed by atoms with Gasteiger partial charge in [-0.25, -0.2) is 4.98 Å². The van der Waals surface area contributed by atoms with Crippen molar-refractivity contribution in [1.29, 1.82) is 0 Å². The van der Waals surface area contributed by atoms with Crippen molar-refractivity contribution in [3.05, 3.63) is 18.2 Å². The molecule has 2 N–H and O–H groups in total. The second-order valence-electron chi connectivity index (χ2n) is 3.93. The predicted molar refractivity (Wildman–Crippen MR) is 65.4 cm³/mol. The number of amides is 1. The van der Waals surface area contributed by atoms with Crippen molar-refractivity contribution in [3.63, 3.8) is 0 Å². The van der Waals surface area contributed by atoms with Crippen LogP contribution >= 0.6 is 11.8 Å². The standard InChI is InChI=1S/C11H17N3OS/c15-11(9-3-1-2-8-16-9)14-5-4-10-12-6-7-13-10/h6-7,9H,1-5,8H2,(H,12,13)(H,14,15). The number of nitrogens with zero attached hydrogens (tertiary/aromatic N) is 1. The van der Waals surface area contributed by atoms with Crippen molar-refractivity contribution in [2.45, 2.75) is 30.9 Å². The van der Waals surface area contributed by atoms with Gasteiger partial charge in [-0.2, -0.15) is 0 Å². The van der Waals surface area contributed by atoms with E-state index in [0.717, 1.165) is 24.4 Å². The Hall–Kier alpha value is -0.970. The highest BCUT2D eigenvalue weighted by Gasteiger charge is 2.20. The Morgan fingerprint density at radius 1 is 1.62 bits per heavy atom. The number of imidazole rings is 1. The van der Waals surface area contributed by atoms with Crippen LogP contribution in [0.5, 0.6) is 0 Å². The van der Waals surface area contributed by atoms with Gasteiger partial charge in [-0.3, -0.25) is 4.79 Å². The third kappa shape index (κ3) is 3.27. The average molecular weight is 239 g/mol. The Morgan fingerprint density at radius 2 is 2.56 bits per heavy atom. The molecule has 4 nitrogen and oxygen atoms in total. The van der Waals surface area contributed by atoms with Crippen molar-refractivity contribution in [2.75, 3.05) is 12.3 Å². The van der Waals surface area contributed by atoms with Gasteiger partial charge in [-0.15, -0.1) is 11.8 Å². The van der Waals surface area contributed by atoms with Crippen molar-refractivity contribution >= 4 is 17.7 Å². The molecule has 0 radical (unpaired) electrons. The van der Waals surface area contributed by atoms with Gasteiger partial charge in [0.1, 0.15) is 5.82 Å².